The lowest BCUT2D eigenvalue weighted by atomic mass is 10.1. The summed E-state index contributed by atoms with van der Waals surface area (Å²) >= 11 is 0. The van der Waals surface area contributed by atoms with Crippen molar-refractivity contribution in [3.8, 4) is 0 Å². The number of amides is 2. The van der Waals surface area contributed by atoms with Gasteiger partial charge in [-0.15, -0.1) is 0 Å². The Bertz CT molecular complexity index is 241. The first-order chi connectivity index (χ1) is 7.09. The summed E-state index contributed by atoms with van der Waals surface area (Å²) in [7, 11) is 0. The van der Waals surface area contributed by atoms with Crippen molar-refractivity contribution in [3.63, 3.8) is 0 Å². The number of carbonyl (C=O) groups excluding carboxylic acids is 2. The average molecular weight is 213 g/mol. The summed E-state index contributed by atoms with van der Waals surface area (Å²) in [4.78, 5) is 22.9. The van der Waals surface area contributed by atoms with Crippen molar-refractivity contribution in [2.75, 3.05) is 6.54 Å². The van der Waals surface area contributed by atoms with E-state index >= 15 is 0 Å². The van der Waals surface area contributed by atoms with Crippen LogP contribution in [0.3, 0.4) is 0 Å². The summed E-state index contributed by atoms with van der Waals surface area (Å²) in [6, 6.07) is -0.544. The smallest absolute Gasteiger partial charge is 0.242 e. The second-order valence-corrected chi connectivity index (χ2v) is 4.09. The van der Waals surface area contributed by atoms with Gasteiger partial charge in [0.2, 0.25) is 11.8 Å². The molecule has 1 heterocycles. The van der Waals surface area contributed by atoms with Gasteiger partial charge in [-0.2, -0.15) is 0 Å². The molecule has 1 rings (SSSR count). The minimum atomic E-state index is -0.376. The van der Waals surface area contributed by atoms with Crippen LogP contribution in [0.5, 0.6) is 0 Å². The van der Waals surface area contributed by atoms with Crippen LogP contribution in [-0.4, -0.2) is 30.4 Å². The number of carbonyl (C=O) groups is 2. The van der Waals surface area contributed by atoms with Crippen molar-refractivity contribution in [1.82, 2.24) is 10.6 Å². The first kappa shape index (κ1) is 12.0. The fourth-order valence-corrected chi connectivity index (χ4v) is 1.62. The van der Waals surface area contributed by atoms with Crippen LogP contribution in [0.25, 0.3) is 0 Å². The van der Waals surface area contributed by atoms with Gasteiger partial charge in [0, 0.05) is 19.0 Å². The van der Waals surface area contributed by atoms with Gasteiger partial charge in [-0.25, -0.2) is 0 Å². The zero-order valence-electron chi connectivity index (χ0n) is 9.08. The quantitative estimate of drug-likeness (QED) is 0.591. The lowest BCUT2D eigenvalue weighted by molar-refractivity contribution is -0.129. The zero-order valence-corrected chi connectivity index (χ0v) is 9.08. The summed E-state index contributed by atoms with van der Waals surface area (Å²) in [5, 5.41) is 5.48. The molecule has 1 saturated heterocycles. The van der Waals surface area contributed by atoms with E-state index in [1.807, 2.05) is 0 Å². The molecule has 15 heavy (non-hydrogen) atoms. The van der Waals surface area contributed by atoms with Crippen LogP contribution in [0.1, 0.15) is 32.6 Å². The van der Waals surface area contributed by atoms with Crippen molar-refractivity contribution in [1.29, 1.82) is 0 Å². The van der Waals surface area contributed by atoms with Gasteiger partial charge >= 0.3 is 0 Å². The molecule has 0 saturated carbocycles. The molecule has 0 aliphatic carbocycles. The fraction of sp³-hybridized carbons (Fsp3) is 0.800. The van der Waals surface area contributed by atoms with E-state index in [-0.39, 0.29) is 30.3 Å². The highest BCUT2D eigenvalue weighted by Crippen LogP contribution is 2.05. The van der Waals surface area contributed by atoms with E-state index in [0.29, 0.717) is 6.54 Å². The second kappa shape index (κ2) is 5.70. The van der Waals surface area contributed by atoms with Crippen LogP contribution in [0.4, 0.5) is 0 Å². The third-order valence-electron chi connectivity index (χ3n) is 2.38. The minimum Gasteiger partial charge on any atom is -0.354 e. The van der Waals surface area contributed by atoms with Gasteiger partial charge in [0.25, 0.3) is 0 Å². The molecule has 0 radical (unpaired) electrons. The van der Waals surface area contributed by atoms with E-state index in [2.05, 4.69) is 10.6 Å². The SMILES string of the molecule is CC(N)CC(=O)NC1CCCCNC1=O. The van der Waals surface area contributed by atoms with E-state index in [1.165, 1.54) is 0 Å². The predicted octanol–water partition coefficient (Wildman–Crippen LogP) is -0.491. The standard InChI is InChI=1S/C10H19N3O2/c1-7(11)6-9(14)13-8-4-2-3-5-12-10(8)15/h7-8H,2-6,11H2,1H3,(H,12,15)(H,13,14). The number of hydrogen-bond donors (Lipinski definition) is 3. The van der Waals surface area contributed by atoms with E-state index in [4.69, 9.17) is 5.73 Å². The molecule has 5 nitrogen and oxygen atoms in total. The predicted molar refractivity (Wildman–Crippen MR) is 57.1 cm³/mol. The zero-order chi connectivity index (χ0) is 11.3. The first-order valence-electron chi connectivity index (χ1n) is 5.42. The second-order valence-electron chi connectivity index (χ2n) is 4.09. The summed E-state index contributed by atoms with van der Waals surface area (Å²) in [6.07, 6.45) is 2.92. The first-order valence-corrected chi connectivity index (χ1v) is 5.42. The van der Waals surface area contributed by atoms with Gasteiger partial charge in [0.05, 0.1) is 0 Å². The monoisotopic (exact) mass is 213 g/mol. The Morgan fingerprint density at radius 1 is 1.67 bits per heavy atom. The highest BCUT2D eigenvalue weighted by molar-refractivity contribution is 5.87. The van der Waals surface area contributed by atoms with Crippen LogP contribution in [-0.2, 0) is 9.59 Å². The van der Waals surface area contributed by atoms with E-state index in [0.717, 1.165) is 19.3 Å². The van der Waals surface area contributed by atoms with E-state index < -0.39 is 0 Å². The van der Waals surface area contributed by atoms with Crippen LogP contribution < -0.4 is 16.4 Å². The lowest BCUT2D eigenvalue weighted by Gasteiger charge is -2.15. The highest BCUT2D eigenvalue weighted by Gasteiger charge is 2.22. The molecule has 5 heteroatoms. The van der Waals surface area contributed by atoms with E-state index in [9.17, 15) is 9.59 Å². The molecule has 1 fully saturated rings. The van der Waals surface area contributed by atoms with Crippen molar-refractivity contribution in [2.24, 2.45) is 5.73 Å². The van der Waals surface area contributed by atoms with Gasteiger partial charge < -0.3 is 16.4 Å². The van der Waals surface area contributed by atoms with Crippen LogP contribution in [0.2, 0.25) is 0 Å². The molecule has 2 atom stereocenters. The molecule has 0 aromatic carbocycles. The maximum atomic E-state index is 11.5. The Morgan fingerprint density at radius 3 is 3.07 bits per heavy atom. The van der Waals surface area contributed by atoms with Gasteiger partial charge in [-0.05, 0) is 26.2 Å². The third-order valence-corrected chi connectivity index (χ3v) is 2.38. The van der Waals surface area contributed by atoms with Gasteiger partial charge in [0.1, 0.15) is 6.04 Å². The van der Waals surface area contributed by atoms with Crippen molar-refractivity contribution in [3.05, 3.63) is 0 Å². The molecule has 4 N–H and O–H groups in total. The highest BCUT2D eigenvalue weighted by atomic mass is 16.2. The van der Waals surface area contributed by atoms with Crippen LogP contribution >= 0.6 is 0 Å². The van der Waals surface area contributed by atoms with Crippen molar-refractivity contribution in [2.45, 2.75) is 44.7 Å². The minimum absolute atomic E-state index is 0.0782. The number of nitrogens with one attached hydrogen (secondary N) is 2. The molecular weight excluding hydrogens is 194 g/mol. The van der Waals surface area contributed by atoms with Gasteiger partial charge in [0.15, 0.2) is 0 Å². The molecule has 86 valence electrons. The topological polar surface area (TPSA) is 84.2 Å². The molecule has 2 unspecified atom stereocenters. The van der Waals surface area contributed by atoms with Gasteiger partial charge in [-0.1, -0.05) is 0 Å². The largest absolute Gasteiger partial charge is 0.354 e. The fourth-order valence-electron chi connectivity index (χ4n) is 1.62. The summed E-state index contributed by atoms with van der Waals surface area (Å²) in [5.41, 5.74) is 5.50. The Hall–Kier alpha value is -1.10. The van der Waals surface area contributed by atoms with Crippen LogP contribution in [0.15, 0.2) is 0 Å². The van der Waals surface area contributed by atoms with Crippen LogP contribution in [0, 0.1) is 0 Å². The third kappa shape index (κ3) is 4.29. The van der Waals surface area contributed by atoms with E-state index in [1.54, 1.807) is 6.92 Å². The number of nitrogens with two attached hydrogens (primary N) is 1. The van der Waals surface area contributed by atoms with Gasteiger partial charge in [-0.3, -0.25) is 9.59 Å². The normalized spacial score (nSPS) is 23.9. The lowest BCUT2D eigenvalue weighted by Crippen LogP contribution is -2.46. The summed E-state index contributed by atoms with van der Waals surface area (Å²) in [6.45, 7) is 2.48. The van der Waals surface area contributed by atoms with Crippen molar-refractivity contribution >= 4 is 11.8 Å². The maximum Gasteiger partial charge on any atom is 0.242 e. The molecule has 1 aliphatic rings. The molecule has 0 aromatic heterocycles. The molecular formula is C10H19N3O2. The molecule has 0 bridgehead atoms. The summed E-state index contributed by atoms with van der Waals surface area (Å²) < 4.78 is 0. The number of hydrogen-bond acceptors (Lipinski definition) is 3. The molecule has 2 amide bonds. The Morgan fingerprint density at radius 2 is 2.40 bits per heavy atom. The average Bonchev–Trinajstić information content (AvgIpc) is 2.30. The Kier molecular flexibility index (Phi) is 4.55. The number of rotatable bonds is 3. The summed E-state index contributed by atoms with van der Waals surface area (Å²) in [5.74, 6) is -0.224. The molecule has 0 spiro atoms. The molecule has 1 aliphatic heterocycles. The maximum absolute atomic E-state index is 11.5. The van der Waals surface area contributed by atoms with Crippen molar-refractivity contribution < 1.29 is 9.59 Å². The Labute approximate surface area is 89.8 Å². The Balaban J connectivity index is 2.41. The molecule has 0 aromatic rings.